The van der Waals surface area contributed by atoms with Crippen LogP contribution in [-0.2, 0) is 14.8 Å². The minimum Gasteiger partial charge on any atom is -0.338 e. The van der Waals surface area contributed by atoms with Crippen molar-refractivity contribution in [1.82, 2.24) is 9.62 Å². The van der Waals surface area contributed by atoms with E-state index in [0.717, 1.165) is 25.5 Å². The number of hydrogen-bond donors (Lipinski definition) is 2. The Labute approximate surface area is 109 Å². The third-order valence-electron chi connectivity index (χ3n) is 3.27. The number of hydrogen-bond acceptors (Lipinski definition) is 4. The smallest absolute Gasteiger partial charge is 0.226 e. The minimum absolute atomic E-state index is 0.0255. The second-order valence-electron chi connectivity index (χ2n) is 4.94. The molecule has 0 saturated carbocycles. The zero-order chi connectivity index (χ0) is 13.8. The third kappa shape index (κ3) is 4.55. The van der Waals surface area contributed by atoms with Gasteiger partial charge in [-0.2, -0.15) is 0 Å². The topological polar surface area (TPSA) is 92.5 Å². The van der Waals surface area contributed by atoms with Gasteiger partial charge in [0, 0.05) is 31.6 Å². The average molecular weight is 277 g/mol. The number of rotatable bonds is 5. The van der Waals surface area contributed by atoms with Crippen molar-refractivity contribution in [2.24, 2.45) is 11.7 Å². The van der Waals surface area contributed by atoms with Crippen molar-refractivity contribution in [1.29, 1.82) is 0 Å². The van der Waals surface area contributed by atoms with Crippen LogP contribution in [-0.4, -0.2) is 51.2 Å². The van der Waals surface area contributed by atoms with Gasteiger partial charge in [-0.05, 0) is 19.3 Å². The highest BCUT2D eigenvalue weighted by molar-refractivity contribution is 7.88. The number of amides is 1. The number of nitrogens with two attached hydrogens (primary N) is 1. The molecular formula is C11H23N3O3S. The molecule has 0 aliphatic carbocycles. The maximum absolute atomic E-state index is 12.1. The number of piperidine rings is 1. The summed E-state index contributed by atoms with van der Waals surface area (Å²) in [6.07, 6.45) is 3.96. The lowest BCUT2D eigenvalue weighted by atomic mass is 10.00. The van der Waals surface area contributed by atoms with Crippen molar-refractivity contribution in [2.45, 2.75) is 32.2 Å². The van der Waals surface area contributed by atoms with Crippen LogP contribution >= 0.6 is 0 Å². The van der Waals surface area contributed by atoms with Crippen molar-refractivity contribution in [3.63, 3.8) is 0 Å². The van der Waals surface area contributed by atoms with Crippen LogP contribution in [0, 0.1) is 5.92 Å². The molecule has 0 aromatic heterocycles. The summed E-state index contributed by atoms with van der Waals surface area (Å²) in [5.74, 6) is -0.179. The van der Waals surface area contributed by atoms with Gasteiger partial charge < -0.3 is 10.6 Å². The fourth-order valence-corrected chi connectivity index (χ4v) is 2.63. The third-order valence-corrected chi connectivity index (χ3v) is 3.96. The Bertz CT molecular complexity index is 383. The summed E-state index contributed by atoms with van der Waals surface area (Å²) >= 11 is 0. The largest absolute Gasteiger partial charge is 0.338 e. The number of nitrogens with zero attached hydrogens (tertiary/aromatic N) is 1. The monoisotopic (exact) mass is 277 g/mol. The van der Waals surface area contributed by atoms with Crippen LogP contribution < -0.4 is 10.5 Å². The maximum Gasteiger partial charge on any atom is 0.226 e. The second-order valence-corrected chi connectivity index (χ2v) is 6.77. The van der Waals surface area contributed by atoms with Crippen LogP contribution in [0.5, 0.6) is 0 Å². The van der Waals surface area contributed by atoms with Gasteiger partial charge in [0.2, 0.25) is 15.9 Å². The molecule has 1 amide bonds. The van der Waals surface area contributed by atoms with Gasteiger partial charge >= 0.3 is 0 Å². The van der Waals surface area contributed by atoms with Gasteiger partial charge in [-0.25, -0.2) is 13.1 Å². The number of carbonyl (C=O) groups is 1. The Hall–Kier alpha value is -0.660. The maximum atomic E-state index is 12.1. The molecule has 18 heavy (non-hydrogen) atoms. The number of nitrogens with one attached hydrogen (secondary N) is 1. The van der Waals surface area contributed by atoms with Crippen LogP contribution in [0.2, 0.25) is 0 Å². The van der Waals surface area contributed by atoms with E-state index in [2.05, 4.69) is 4.72 Å². The zero-order valence-electron chi connectivity index (χ0n) is 11.1. The first-order chi connectivity index (χ1) is 8.35. The molecule has 0 aromatic carbocycles. The molecule has 7 heteroatoms. The zero-order valence-corrected chi connectivity index (χ0v) is 11.9. The average Bonchev–Trinajstić information content (AvgIpc) is 2.34. The quantitative estimate of drug-likeness (QED) is 0.709. The van der Waals surface area contributed by atoms with Crippen molar-refractivity contribution in [2.75, 3.05) is 25.9 Å². The van der Waals surface area contributed by atoms with Gasteiger partial charge in [0.05, 0.1) is 6.26 Å². The minimum atomic E-state index is -3.21. The fourth-order valence-electron chi connectivity index (χ4n) is 2.13. The molecule has 0 aromatic rings. The van der Waals surface area contributed by atoms with Crippen LogP contribution in [0.25, 0.3) is 0 Å². The van der Waals surface area contributed by atoms with Gasteiger partial charge in [0.25, 0.3) is 0 Å². The van der Waals surface area contributed by atoms with E-state index in [0.29, 0.717) is 19.6 Å². The first-order valence-corrected chi connectivity index (χ1v) is 8.19. The molecular weight excluding hydrogens is 254 g/mol. The number of carbonyl (C=O) groups excluding carboxylic acids is 1. The van der Waals surface area contributed by atoms with E-state index in [9.17, 15) is 13.2 Å². The van der Waals surface area contributed by atoms with Crippen molar-refractivity contribution >= 4 is 15.9 Å². The van der Waals surface area contributed by atoms with E-state index in [-0.39, 0.29) is 17.9 Å². The summed E-state index contributed by atoms with van der Waals surface area (Å²) in [7, 11) is -3.21. The summed E-state index contributed by atoms with van der Waals surface area (Å²) in [4.78, 5) is 13.9. The van der Waals surface area contributed by atoms with Crippen molar-refractivity contribution in [3.8, 4) is 0 Å². The fraction of sp³-hybridized carbons (Fsp3) is 0.909. The van der Waals surface area contributed by atoms with Gasteiger partial charge in [-0.1, -0.05) is 6.92 Å². The first kappa shape index (κ1) is 15.4. The predicted molar refractivity (Wildman–Crippen MR) is 70.4 cm³/mol. The van der Waals surface area contributed by atoms with E-state index in [1.807, 2.05) is 0 Å². The lowest BCUT2D eigenvalue weighted by Crippen LogP contribution is -2.51. The van der Waals surface area contributed by atoms with Crippen molar-refractivity contribution in [3.05, 3.63) is 0 Å². The number of sulfonamides is 1. The molecule has 1 aliphatic heterocycles. The summed E-state index contributed by atoms with van der Waals surface area (Å²) < 4.78 is 24.7. The lowest BCUT2D eigenvalue weighted by Gasteiger charge is -2.37. The Balaban J connectivity index is 2.65. The normalized spacial score (nSPS) is 22.8. The molecule has 1 heterocycles. The van der Waals surface area contributed by atoms with E-state index in [1.54, 1.807) is 11.8 Å². The van der Waals surface area contributed by atoms with Crippen LogP contribution in [0.4, 0.5) is 0 Å². The van der Waals surface area contributed by atoms with E-state index in [1.165, 1.54) is 0 Å². The summed E-state index contributed by atoms with van der Waals surface area (Å²) in [5, 5.41) is 0. The van der Waals surface area contributed by atoms with Crippen LogP contribution in [0.1, 0.15) is 26.2 Å². The lowest BCUT2D eigenvalue weighted by molar-refractivity contribution is -0.138. The highest BCUT2D eigenvalue weighted by Gasteiger charge is 2.29. The van der Waals surface area contributed by atoms with E-state index < -0.39 is 10.0 Å². The number of likely N-dealkylation sites (tertiary alicyclic amines) is 1. The molecule has 2 atom stereocenters. The molecule has 1 rings (SSSR count). The molecule has 0 radical (unpaired) electrons. The van der Waals surface area contributed by atoms with Gasteiger partial charge in [0.1, 0.15) is 0 Å². The summed E-state index contributed by atoms with van der Waals surface area (Å²) in [6, 6.07) is -0.0463. The van der Waals surface area contributed by atoms with E-state index in [4.69, 9.17) is 5.73 Å². The second kappa shape index (κ2) is 6.49. The standard InChI is InChI=1S/C11H23N3O3S/c1-9(7-12)11(15)14-6-4-3-5-10(14)8-13-18(2,16)17/h9-10,13H,3-8,12H2,1-2H3. The van der Waals surface area contributed by atoms with Crippen molar-refractivity contribution < 1.29 is 13.2 Å². The molecule has 2 unspecified atom stereocenters. The molecule has 1 saturated heterocycles. The molecule has 3 N–H and O–H groups in total. The molecule has 106 valence electrons. The van der Waals surface area contributed by atoms with Gasteiger partial charge in [-0.15, -0.1) is 0 Å². The molecule has 6 nitrogen and oxygen atoms in total. The molecule has 0 spiro atoms. The van der Waals surface area contributed by atoms with Crippen LogP contribution in [0.15, 0.2) is 0 Å². The predicted octanol–water partition coefficient (Wildman–Crippen LogP) is -0.488. The van der Waals surface area contributed by atoms with Crippen LogP contribution in [0.3, 0.4) is 0 Å². The Morgan fingerprint density at radius 3 is 2.72 bits per heavy atom. The summed E-state index contributed by atoms with van der Waals surface area (Å²) in [5.41, 5.74) is 5.51. The first-order valence-electron chi connectivity index (χ1n) is 6.30. The molecule has 1 aliphatic rings. The molecule has 1 fully saturated rings. The Kier molecular flexibility index (Phi) is 5.55. The Morgan fingerprint density at radius 2 is 2.17 bits per heavy atom. The molecule has 0 bridgehead atoms. The van der Waals surface area contributed by atoms with E-state index >= 15 is 0 Å². The SMILES string of the molecule is CC(CN)C(=O)N1CCCCC1CNS(C)(=O)=O. The summed E-state index contributed by atoms with van der Waals surface area (Å²) in [6.45, 7) is 3.11. The highest BCUT2D eigenvalue weighted by atomic mass is 32.2. The highest BCUT2D eigenvalue weighted by Crippen LogP contribution is 2.18. The van der Waals surface area contributed by atoms with Gasteiger partial charge in [0.15, 0.2) is 0 Å². The Morgan fingerprint density at radius 1 is 1.50 bits per heavy atom. The van der Waals surface area contributed by atoms with Gasteiger partial charge in [-0.3, -0.25) is 4.79 Å².